The molecule has 1 aliphatic carbocycles. The Balaban J connectivity index is 1.97. The predicted octanol–water partition coefficient (Wildman–Crippen LogP) is 5.13. The van der Waals surface area contributed by atoms with E-state index in [4.69, 9.17) is 4.99 Å². The maximum atomic E-state index is 4.77. The van der Waals surface area contributed by atoms with Crippen LogP contribution < -0.4 is 0 Å². The van der Waals surface area contributed by atoms with Crippen LogP contribution >= 0.6 is 0 Å². The van der Waals surface area contributed by atoms with Crippen LogP contribution in [0.4, 0.5) is 0 Å². The third-order valence-electron chi connectivity index (χ3n) is 5.10. The Morgan fingerprint density at radius 2 is 2.21 bits per heavy atom. The van der Waals surface area contributed by atoms with Crippen LogP contribution in [0.3, 0.4) is 0 Å². The Labute approximate surface area is 145 Å². The van der Waals surface area contributed by atoms with Gasteiger partial charge in [0.1, 0.15) is 0 Å². The van der Waals surface area contributed by atoms with Crippen LogP contribution in [-0.2, 0) is 0 Å². The van der Waals surface area contributed by atoms with E-state index in [0.29, 0.717) is 6.04 Å². The first-order chi connectivity index (χ1) is 11.6. The van der Waals surface area contributed by atoms with Gasteiger partial charge in [-0.3, -0.25) is 4.99 Å². The SMILES string of the molecule is C=C=C(C)c1ccc(C)c(C#CC23CC2N=C(C=C)C3/C=C\C)c1. The summed E-state index contributed by atoms with van der Waals surface area (Å²) in [5.74, 6) is 7.27. The molecule has 120 valence electrons. The van der Waals surface area contributed by atoms with Crippen LogP contribution in [0.1, 0.15) is 37.0 Å². The van der Waals surface area contributed by atoms with Crippen molar-refractivity contribution in [1.82, 2.24) is 0 Å². The molecule has 1 saturated carbocycles. The minimum Gasteiger partial charge on any atom is -0.284 e. The molecular formula is C23H23N. The molecule has 1 aliphatic heterocycles. The predicted molar refractivity (Wildman–Crippen MR) is 103 cm³/mol. The number of benzene rings is 1. The molecule has 0 N–H and O–H groups in total. The van der Waals surface area contributed by atoms with Gasteiger partial charge >= 0.3 is 0 Å². The lowest BCUT2D eigenvalue weighted by atomic mass is 9.86. The minimum absolute atomic E-state index is 0.0260. The second-order valence-corrected chi connectivity index (χ2v) is 6.60. The molecule has 3 unspecified atom stereocenters. The van der Waals surface area contributed by atoms with Gasteiger partial charge in [0.2, 0.25) is 0 Å². The van der Waals surface area contributed by atoms with E-state index in [1.807, 2.05) is 13.0 Å². The summed E-state index contributed by atoms with van der Waals surface area (Å²) < 4.78 is 0. The summed E-state index contributed by atoms with van der Waals surface area (Å²) in [5, 5.41) is 0. The lowest BCUT2D eigenvalue weighted by molar-refractivity contribution is 0.605. The highest BCUT2D eigenvalue weighted by molar-refractivity contribution is 6.01. The third-order valence-corrected chi connectivity index (χ3v) is 5.10. The maximum Gasteiger partial charge on any atom is 0.0694 e. The Hall–Kier alpha value is -2.55. The molecule has 2 aliphatic rings. The lowest BCUT2D eigenvalue weighted by Crippen LogP contribution is -2.18. The molecule has 0 aromatic heterocycles. The van der Waals surface area contributed by atoms with E-state index >= 15 is 0 Å². The minimum atomic E-state index is -0.0260. The highest BCUT2D eigenvalue weighted by atomic mass is 15.0. The second kappa shape index (κ2) is 6.16. The molecule has 1 aromatic rings. The number of hydrogen-bond acceptors (Lipinski definition) is 1. The Bertz CT molecular complexity index is 865. The quantitative estimate of drug-likeness (QED) is 0.417. The zero-order valence-electron chi connectivity index (χ0n) is 14.7. The molecule has 1 aromatic carbocycles. The van der Waals surface area contributed by atoms with E-state index in [2.05, 4.69) is 74.9 Å². The molecule has 24 heavy (non-hydrogen) atoms. The summed E-state index contributed by atoms with van der Waals surface area (Å²) in [5.41, 5.74) is 8.46. The van der Waals surface area contributed by atoms with Gasteiger partial charge < -0.3 is 0 Å². The van der Waals surface area contributed by atoms with E-state index in [1.54, 1.807) is 0 Å². The second-order valence-electron chi connectivity index (χ2n) is 6.60. The van der Waals surface area contributed by atoms with Crippen LogP contribution in [0.25, 0.3) is 5.57 Å². The molecule has 0 spiro atoms. The molecule has 0 radical (unpaired) electrons. The van der Waals surface area contributed by atoms with E-state index in [0.717, 1.165) is 28.8 Å². The van der Waals surface area contributed by atoms with Crippen LogP contribution in [0.5, 0.6) is 0 Å². The van der Waals surface area contributed by atoms with Crippen LogP contribution in [-0.4, -0.2) is 11.8 Å². The largest absolute Gasteiger partial charge is 0.284 e. The number of nitrogens with zero attached hydrogens (tertiary/aromatic N) is 1. The molecular weight excluding hydrogens is 290 g/mol. The Morgan fingerprint density at radius 1 is 1.42 bits per heavy atom. The summed E-state index contributed by atoms with van der Waals surface area (Å²) in [7, 11) is 0. The van der Waals surface area contributed by atoms with Crippen molar-refractivity contribution in [2.45, 2.75) is 33.2 Å². The lowest BCUT2D eigenvalue weighted by Gasteiger charge is -2.14. The zero-order chi connectivity index (χ0) is 17.3. The van der Waals surface area contributed by atoms with Crippen LogP contribution in [0.2, 0.25) is 0 Å². The number of aliphatic imine (C=N–C) groups is 1. The number of allylic oxidation sites excluding steroid dienone is 4. The van der Waals surface area contributed by atoms with Crippen molar-refractivity contribution in [2.75, 3.05) is 0 Å². The maximum absolute atomic E-state index is 4.77. The number of hydrogen-bond donors (Lipinski definition) is 0. The first-order valence-electron chi connectivity index (χ1n) is 8.39. The summed E-state index contributed by atoms with van der Waals surface area (Å²) in [4.78, 5) is 4.77. The van der Waals surface area contributed by atoms with Gasteiger partial charge in [-0.1, -0.05) is 49.3 Å². The van der Waals surface area contributed by atoms with Gasteiger partial charge in [0.25, 0.3) is 0 Å². The monoisotopic (exact) mass is 313 g/mol. The van der Waals surface area contributed by atoms with Crippen molar-refractivity contribution in [3.8, 4) is 11.8 Å². The molecule has 0 amide bonds. The molecule has 1 heteroatoms. The van der Waals surface area contributed by atoms with Gasteiger partial charge in [-0.25, -0.2) is 0 Å². The van der Waals surface area contributed by atoms with Gasteiger partial charge in [-0.05, 0) is 56.0 Å². The van der Waals surface area contributed by atoms with Crippen molar-refractivity contribution in [3.63, 3.8) is 0 Å². The number of fused-ring (bicyclic) bond motifs is 1. The average Bonchev–Trinajstić information content (AvgIpc) is 3.22. The fourth-order valence-corrected chi connectivity index (χ4v) is 3.41. The van der Waals surface area contributed by atoms with Gasteiger partial charge in [0.15, 0.2) is 0 Å². The Kier molecular flexibility index (Phi) is 4.18. The highest BCUT2D eigenvalue weighted by Gasteiger charge is 2.62. The highest BCUT2D eigenvalue weighted by Crippen LogP contribution is 2.59. The number of rotatable bonds is 3. The van der Waals surface area contributed by atoms with Gasteiger partial charge in [-0.2, -0.15) is 0 Å². The number of aryl methyl sites for hydroxylation is 1. The van der Waals surface area contributed by atoms with Crippen molar-refractivity contribution < 1.29 is 0 Å². The molecule has 1 heterocycles. The van der Waals surface area contributed by atoms with E-state index in [-0.39, 0.29) is 11.3 Å². The standard InChI is InChI=1S/C23H23N/c1-6-9-20-21(8-3)24-22-15-23(20,22)13-12-19-14-18(16(4)7-2)11-10-17(19)5/h6,8-11,14,20,22H,2-3,15H2,1,4-5H3/b9-6-. The molecule has 0 bridgehead atoms. The first kappa shape index (κ1) is 16.3. The fourth-order valence-electron chi connectivity index (χ4n) is 3.41. The van der Waals surface area contributed by atoms with Gasteiger partial charge in [0, 0.05) is 17.2 Å². The van der Waals surface area contributed by atoms with E-state index < -0.39 is 0 Å². The third kappa shape index (κ3) is 2.60. The topological polar surface area (TPSA) is 12.4 Å². The fraction of sp³-hybridized carbons (Fsp3) is 0.304. The molecule has 1 nitrogen and oxygen atoms in total. The molecule has 3 atom stereocenters. The van der Waals surface area contributed by atoms with E-state index in [1.165, 1.54) is 5.56 Å². The smallest absolute Gasteiger partial charge is 0.0694 e. The molecule has 0 saturated heterocycles. The zero-order valence-corrected chi connectivity index (χ0v) is 14.7. The van der Waals surface area contributed by atoms with Crippen molar-refractivity contribution in [3.05, 3.63) is 72.0 Å². The molecule has 3 rings (SSSR count). The van der Waals surface area contributed by atoms with Crippen molar-refractivity contribution in [1.29, 1.82) is 0 Å². The average molecular weight is 313 g/mol. The normalized spacial score (nSPS) is 26.9. The van der Waals surface area contributed by atoms with Crippen LogP contribution in [0.15, 0.2) is 60.3 Å². The van der Waals surface area contributed by atoms with E-state index in [9.17, 15) is 0 Å². The Morgan fingerprint density at radius 3 is 2.88 bits per heavy atom. The van der Waals surface area contributed by atoms with Gasteiger partial charge in [-0.15, -0.1) is 5.73 Å². The summed E-state index contributed by atoms with van der Waals surface area (Å²) in [6.45, 7) is 13.8. The summed E-state index contributed by atoms with van der Waals surface area (Å²) in [6, 6.07) is 6.69. The van der Waals surface area contributed by atoms with Crippen LogP contribution in [0, 0.1) is 30.1 Å². The first-order valence-corrected chi connectivity index (χ1v) is 8.39. The van der Waals surface area contributed by atoms with Crippen molar-refractivity contribution >= 4 is 11.3 Å². The summed E-state index contributed by atoms with van der Waals surface area (Å²) >= 11 is 0. The van der Waals surface area contributed by atoms with Gasteiger partial charge in [0.05, 0.1) is 11.5 Å². The molecule has 1 fully saturated rings. The van der Waals surface area contributed by atoms with Crippen molar-refractivity contribution in [2.24, 2.45) is 16.3 Å². The summed E-state index contributed by atoms with van der Waals surface area (Å²) in [6.07, 6.45) is 7.25.